The molecule has 0 unspecified atom stereocenters. The molecule has 0 amide bonds. The summed E-state index contributed by atoms with van der Waals surface area (Å²) in [5.74, 6) is 0.737. The monoisotopic (exact) mass is 194 g/mol. The van der Waals surface area contributed by atoms with Crippen molar-refractivity contribution < 1.29 is 14.8 Å². The second kappa shape index (κ2) is 5.03. The van der Waals surface area contributed by atoms with Gasteiger partial charge in [0.1, 0.15) is 5.75 Å². The Bertz CT molecular complexity index is 299. The van der Waals surface area contributed by atoms with E-state index in [0.29, 0.717) is 12.1 Å². The molecule has 0 aliphatic carbocycles. The zero-order valence-corrected chi connectivity index (χ0v) is 8.53. The minimum absolute atomic E-state index is 0.464. The molecule has 0 spiro atoms. The Morgan fingerprint density at radius 1 is 1.29 bits per heavy atom. The van der Waals surface area contributed by atoms with E-state index in [4.69, 9.17) is 14.8 Å². The van der Waals surface area contributed by atoms with Crippen molar-refractivity contribution in [2.75, 3.05) is 6.61 Å². The van der Waals surface area contributed by atoms with Gasteiger partial charge in [-0.25, -0.2) is 0 Å². The maximum atomic E-state index is 8.98. The molecule has 2 N–H and O–H groups in total. The molecule has 0 atom stereocenters. The van der Waals surface area contributed by atoms with Crippen molar-refractivity contribution in [3.63, 3.8) is 0 Å². The predicted molar refractivity (Wildman–Crippen MR) is 56.8 cm³/mol. The van der Waals surface area contributed by atoms with Gasteiger partial charge in [0.15, 0.2) is 0 Å². The van der Waals surface area contributed by atoms with E-state index in [-0.39, 0.29) is 0 Å². The number of hydrogen-bond donors (Lipinski definition) is 2. The van der Waals surface area contributed by atoms with Crippen LogP contribution in [-0.4, -0.2) is 23.8 Å². The lowest BCUT2D eigenvalue weighted by molar-refractivity contribution is 0.336. The van der Waals surface area contributed by atoms with Gasteiger partial charge in [-0.1, -0.05) is 19.1 Å². The molecule has 0 aliphatic rings. The van der Waals surface area contributed by atoms with Crippen molar-refractivity contribution in [3.8, 4) is 5.75 Å². The third-order valence-corrected chi connectivity index (χ3v) is 2.07. The molecule has 0 saturated heterocycles. The molecule has 14 heavy (non-hydrogen) atoms. The van der Waals surface area contributed by atoms with Crippen LogP contribution in [0.2, 0.25) is 0 Å². The average molecular weight is 194 g/mol. The molecule has 1 rings (SSSR count). The van der Waals surface area contributed by atoms with Gasteiger partial charge in [-0.2, -0.15) is 0 Å². The standard InChI is InChI=1S/C10H15BO3/c1-3-8-5-6-9(11(12)13)7-10(8)14-4-2/h5-7,12-13H,3-4H2,1-2H3. The number of aryl methyl sites for hydroxylation is 1. The summed E-state index contributed by atoms with van der Waals surface area (Å²) in [5.41, 5.74) is 1.54. The van der Waals surface area contributed by atoms with Gasteiger partial charge in [0.05, 0.1) is 6.61 Å². The van der Waals surface area contributed by atoms with Crippen molar-refractivity contribution >= 4 is 12.6 Å². The van der Waals surface area contributed by atoms with E-state index < -0.39 is 7.12 Å². The Labute approximate surface area is 84.5 Å². The van der Waals surface area contributed by atoms with Gasteiger partial charge in [-0.3, -0.25) is 0 Å². The Balaban J connectivity index is 3.01. The molecule has 1 aromatic carbocycles. The quantitative estimate of drug-likeness (QED) is 0.679. The molecular weight excluding hydrogens is 179 g/mol. The molecular formula is C10H15BO3. The Hall–Kier alpha value is -0.995. The zero-order valence-electron chi connectivity index (χ0n) is 8.53. The fourth-order valence-corrected chi connectivity index (χ4v) is 1.31. The summed E-state index contributed by atoms with van der Waals surface area (Å²) in [6.45, 7) is 4.52. The predicted octanol–water partition coefficient (Wildman–Crippen LogP) is 0.327. The normalized spacial score (nSPS) is 10.0. The number of benzene rings is 1. The van der Waals surface area contributed by atoms with Crippen LogP contribution in [0.25, 0.3) is 0 Å². The topological polar surface area (TPSA) is 49.7 Å². The van der Waals surface area contributed by atoms with Crippen LogP contribution in [0.5, 0.6) is 5.75 Å². The average Bonchev–Trinajstić information content (AvgIpc) is 2.18. The highest BCUT2D eigenvalue weighted by atomic mass is 16.5. The minimum Gasteiger partial charge on any atom is -0.494 e. The van der Waals surface area contributed by atoms with Crippen molar-refractivity contribution in [2.24, 2.45) is 0 Å². The molecule has 0 aromatic heterocycles. The molecule has 4 heteroatoms. The van der Waals surface area contributed by atoms with Gasteiger partial charge in [0, 0.05) is 0 Å². The minimum atomic E-state index is -1.43. The second-order valence-corrected chi connectivity index (χ2v) is 3.03. The molecule has 76 valence electrons. The van der Waals surface area contributed by atoms with Crippen molar-refractivity contribution in [1.29, 1.82) is 0 Å². The van der Waals surface area contributed by atoms with Gasteiger partial charge < -0.3 is 14.8 Å². The molecule has 0 fully saturated rings. The zero-order chi connectivity index (χ0) is 10.6. The van der Waals surface area contributed by atoms with Crippen LogP contribution in [0.3, 0.4) is 0 Å². The van der Waals surface area contributed by atoms with Crippen molar-refractivity contribution in [2.45, 2.75) is 20.3 Å². The number of ether oxygens (including phenoxy) is 1. The molecule has 0 aliphatic heterocycles. The SMILES string of the molecule is CCOc1cc(B(O)O)ccc1CC. The summed E-state index contributed by atoms with van der Waals surface area (Å²) in [6, 6.07) is 5.23. The first kappa shape index (κ1) is 11.1. The first-order chi connectivity index (χ1) is 6.69. The fourth-order valence-electron chi connectivity index (χ4n) is 1.31. The fraction of sp³-hybridized carbons (Fsp3) is 0.400. The Morgan fingerprint density at radius 2 is 2.00 bits per heavy atom. The maximum absolute atomic E-state index is 8.98. The van der Waals surface area contributed by atoms with Crippen molar-refractivity contribution in [1.82, 2.24) is 0 Å². The van der Waals surface area contributed by atoms with Gasteiger partial charge in [0.25, 0.3) is 0 Å². The second-order valence-electron chi connectivity index (χ2n) is 3.03. The summed E-state index contributed by atoms with van der Waals surface area (Å²) in [4.78, 5) is 0. The van der Waals surface area contributed by atoms with Gasteiger partial charge >= 0.3 is 7.12 Å². The van der Waals surface area contributed by atoms with E-state index in [9.17, 15) is 0 Å². The molecule has 1 aromatic rings. The van der Waals surface area contributed by atoms with Crippen LogP contribution in [0, 0.1) is 0 Å². The van der Waals surface area contributed by atoms with Crippen LogP contribution in [0.15, 0.2) is 18.2 Å². The van der Waals surface area contributed by atoms with Crippen LogP contribution < -0.4 is 10.2 Å². The number of rotatable bonds is 4. The highest BCUT2D eigenvalue weighted by molar-refractivity contribution is 6.58. The summed E-state index contributed by atoms with van der Waals surface area (Å²) in [5, 5.41) is 18.0. The van der Waals surface area contributed by atoms with E-state index in [1.54, 1.807) is 12.1 Å². The Morgan fingerprint density at radius 3 is 2.50 bits per heavy atom. The van der Waals surface area contributed by atoms with Crippen LogP contribution >= 0.6 is 0 Å². The van der Waals surface area contributed by atoms with Crippen molar-refractivity contribution in [3.05, 3.63) is 23.8 Å². The lowest BCUT2D eigenvalue weighted by Crippen LogP contribution is -2.29. The van der Waals surface area contributed by atoms with Gasteiger partial charge in [-0.15, -0.1) is 0 Å². The molecule has 0 saturated carbocycles. The van der Waals surface area contributed by atoms with Crippen LogP contribution in [0.1, 0.15) is 19.4 Å². The largest absolute Gasteiger partial charge is 0.494 e. The third-order valence-electron chi connectivity index (χ3n) is 2.07. The van der Waals surface area contributed by atoms with E-state index in [1.807, 2.05) is 19.9 Å². The van der Waals surface area contributed by atoms with Gasteiger partial charge in [-0.05, 0) is 30.4 Å². The lowest BCUT2D eigenvalue weighted by Gasteiger charge is -2.10. The maximum Gasteiger partial charge on any atom is 0.488 e. The third kappa shape index (κ3) is 2.50. The first-order valence-corrected chi connectivity index (χ1v) is 4.80. The lowest BCUT2D eigenvalue weighted by atomic mass is 9.79. The molecule has 3 nitrogen and oxygen atoms in total. The van der Waals surface area contributed by atoms with E-state index >= 15 is 0 Å². The highest BCUT2D eigenvalue weighted by Gasteiger charge is 2.13. The van der Waals surface area contributed by atoms with Crippen LogP contribution in [-0.2, 0) is 6.42 Å². The Kier molecular flexibility index (Phi) is 3.98. The van der Waals surface area contributed by atoms with E-state index in [0.717, 1.165) is 17.7 Å². The molecule has 0 heterocycles. The van der Waals surface area contributed by atoms with E-state index in [2.05, 4.69) is 0 Å². The summed E-state index contributed by atoms with van der Waals surface area (Å²) < 4.78 is 5.40. The number of hydrogen-bond acceptors (Lipinski definition) is 3. The first-order valence-electron chi connectivity index (χ1n) is 4.80. The smallest absolute Gasteiger partial charge is 0.488 e. The highest BCUT2D eigenvalue weighted by Crippen LogP contribution is 2.17. The van der Waals surface area contributed by atoms with Crippen LogP contribution in [0.4, 0.5) is 0 Å². The summed E-state index contributed by atoms with van der Waals surface area (Å²) in [7, 11) is -1.43. The molecule has 0 radical (unpaired) electrons. The molecule has 0 bridgehead atoms. The van der Waals surface area contributed by atoms with E-state index in [1.165, 1.54) is 0 Å². The summed E-state index contributed by atoms with van der Waals surface area (Å²) in [6.07, 6.45) is 0.872. The summed E-state index contributed by atoms with van der Waals surface area (Å²) >= 11 is 0. The van der Waals surface area contributed by atoms with Gasteiger partial charge in [0.2, 0.25) is 0 Å².